The van der Waals surface area contributed by atoms with Crippen molar-refractivity contribution in [2.24, 2.45) is 0 Å². The summed E-state index contributed by atoms with van der Waals surface area (Å²) >= 11 is 4.03. The van der Waals surface area contributed by atoms with Gasteiger partial charge in [-0.05, 0) is 0 Å². The van der Waals surface area contributed by atoms with Crippen molar-refractivity contribution in [2.45, 2.75) is 75.1 Å². The molecule has 21 heavy (non-hydrogen) atoms. The number of rotatable bonds is 10. The SMILES string of the molecule is CCC[CH2][Ge]([CH2]CCC)([CH2]CCC)[c]1ccc(Cl)cc1N. The maximum absolute atomic E-state index is 6.39. The molecule has 0 atom stereocenters. The van der Waals surface area contributed by atoms with Crippen molar-refractivity contribution in [3.05, 3.63) is 23.2 Å². The van der Waals surface area contributed by atoms with Crippen molar-refractivity contribution >= 4 is 35.0 Å². The summed E-state index contributed by atoms with van der Waals surface area (Å²) in [4.78, 5) is 0. The molecule has 2 N–H and O–H groups in total. The predicted molar refractivity (Wildman–Crippen MR) is 100 cm³/mol. The topological polar surface area (TPSA) is 26.0 Å². The van der Waals surface area contributed by atoms with Gasteiger partial charge in [-0.3, -0.25) is 0 Å². The van der Waals surface area contributed by atoms with Gasteiger partial charge in [0.05, 0.1) is 0 Å². The summed E-state index contributed by atoms with van der Waals surface area (Å²) in [6, 6.07) is 6.29. The quantitative estimate of drug-likeness (QED) is 0.398. The standard InChI is InChI=1S/C18H32ClGeN/c1-4-7-12-20(13-8-5-2,14-9-6-3)17-11-10-16(19)15-18(17)21/h10-11,15H,4-9,12-14,21H2,1-3H3. The molecule has 0 fully saturated rings. The first-order valence-electron chi connectivity index (χ1n) is 8.65. The van der Waals surface area contributed by atoms with Gasteiger partial charge in [-0.25, -0.2) is 0 Å². The Morgan fingerprint density at radius 3 is 1.76 bits per heavy atom. The molecule has 0 aromatic heterocycles. The number of unbranched alkanes of at least 4 members (excludes halogenated alkanes) is 3. The van der Waals surface area contributed by atoms with Gasteiger partial charge in [0.1, 0.15) is 0 Å². The Morgan fingerprint density at radius 2 is 1.38 bits per heavy atom. The van der Waals surface area contributed by atoms with Gasteiger partial charge < -0.3 is 0 Å². The van der Waals surface area contributed by atoms with Crippen LogP contribution in [0.2, 0.25) is 20.8 Å². The van der Waals surface area contributed by atoms with Crippen LogP contribution >= 0.6 is 11.6 Å². The molecule has 1 aromatic carbocycles. The second-order valence-corrected chi connectivity index (χ2v) is 16.4. The number of halogens is 1. The second-order valence-electron chi connectivity index (χ2n) is 6.32. The third-order valence-electron chi connectivity index (χ3n) is 4.61. The number of benzene rings is 1. The molecular formula is C18H32ClGeN. The molecule has 3 heteroatoms. The molecule has 0 saturated carbocycles. The summed E-state index contributed by atoms with van der Waals surface area (Å²) in [5, 5.41) is 5.07. The summed E-state index contributed by atoms with van der Waals surface area (Å²) < 4.78 is 1.52. The minimum atomic E-state index is -2.09. The van der Waals surface area contributed by atoms with Gasteiger partial charge in [0.2, 0.25) is 0 Å². The normalized spacial score (nSPS) is 11.8. The molecular weight excluding hydrogens is 338 g/mol. The van der Waals surface area contributed by atoms with E-state index in [0.29, 0.717) is 0 Å². The Labute approximate surface area is 139 Å². The van der Waals surface area contributed by atoms with Crippen LogP contribution in [-0.4, -0.2) is 13.3 Å². The number of anilines is 1. The van der Waals surface area contributed by atoms with E-state index in [0.717, 1.165) is 10.7 Å². The van der Waals surface area contributed by atoms with Crippen molar-refractivity contribution in [2.75, 3.05) is 5.73 Å². The van der Waals surface area contributed by atoms with E-state index in [4.69, 9.17) is 17.3 Å². The van der Waals surface area contributed by atoms with Crippen LogP contribution in [0.1, 0.15) is 59.3 Å². The molecule has 0 unspecified atom stereocenters. The van der Waals surface area contributed by atoms with E-state index >= 15 is 0 Å². The Hall–Kier alpha value is -0.147. The summed E-state index contributed by atoms with van der Waals surface area (Å²) in [7, 11) is 0. The Morgan fingerprint density at radius 1 is 0.905 bits per heavy atom. The average Bonchev–Trinajstić information content (AvgIpc) is 2.47. The Balaban J connectivity index is 3.15. The molecule has 1 rings (SSSR count). The van der Waals surface area contributed by atoms with Crippen LogP contribution in [0, 0.1) is 0 Å². The number of hydrogen-bond donors (Lipinski definition) is 1. The van der Waals surface area contributed by atoms with Crippen LogP contribution in [0.3, 0.4) is 0 Å². The second kappa shape index (κ2) is 9.79. The molecule has 0 saturated heterocycles. The summed E-state index contributed by atoms with van der Waals surface area (Å²) in [5.74, 6) is 0. The van der Waals surface area contributed by atoms with E-state index in [-0.39, 0.29) is 0 Å². The Bertz CT molecular complexity index is 398. The first-order valence-corrected chi connectivity index (χ1v) is 14.5. The fourth-order valence-corrected chi connectivity index (χ4v) is 15.6. The zero-order chi connectivity index (χ0) is 15.7. The van der Waals surface area contributed by atoms with Gasteiger partial charge in [0.15, 0.2) is 0 Å². The van der Waals surface area contributed by atoms with Gasteiger partial charge in [0.25, 0.3) is 0 Å². The van der Waals surface area contributed by atoms with Crippen LogP contribution in [0.15, 0.2) is 18.2 Å². The molecule has 0 aliphatic carbocycles. The van der Waals surface area contributed by atoms with Crippen LogP contribution in [0.25, 0.3) is 0 Å². The van der Waals surface area contributed by atoms with E-state index in [9.17, 15) is 0 Å². The van der Waals surface area contributed by atoms with Crippen LogP contribution < -0.4 is 10.1 Å². The third kappa shape index (κ3) is 5.52. The number of hydrogen-bond acceptors (Lipinski definition) is 1. The molecule has 120 valence electrons. The zero-order valence-corrected chi connectivity index (χ0v) is 16.9. The van der Waals surface area contributed by atoms with Crippen LogP contribution in [0.5, 0.6) is 0 Å². The molecule has 0 bridgehead atoms. The maximum atomic E-state index is 6.39. The van der Waals surface area contributed by atoms with Crippen molar-refractivity contribution in [1.29, 1.82) is 0 Å². The summed E-state index contributed by atoms with van der Waals surface area (Å²) in [6.45, 7) is 6.91. The average molecular weight is 371 g/mol. The predicted octanol–water partition coefficient (Wildman–Crippen LogP) is 5.98. The van der Waals surface area contributed by atoms with E-state index in [2.05, 4.69) is 32.9 Å². The van der Waals surface area contributed by atoms with E-state index in [1.165, 1.54) is 58.7 Å². The fourth-order valence-electron chi connectivity index (χ4n) is 3.34. The van der Waals surface area contributed by atoms with Gasteiger partial charge >= 0.3 is 139 Å². The van der Waals surface area contributed by atoms with Crippen molar-refractivity contribution in [3.63, 3.8) is 0 Å². The van der Waals surface area contributed by atoms with E-state index in [1.807, 2.05) is 6.07 Å². The number of nitrogen functional groups attached to an aromatic ring is 1. The van der Waals surface area contributed by atoms with Gasteiger partial charge in [-0.15, -0.1) is 0 Å². The number of nitrogens with two attached hydrogens (primary N) is 1. The molecule has 1 aromatic rings. The van der Waals surface area contributed by atoms with Gasteiger partial charge in [-0.1, -0.05) is 0 Å². The van der Waals surface area contributed by atoms with Crippen molar-refractivity contribution in [3.8, 4) is 0 Å². The fraction of sp³-hybridized carbons (Fsp3) is 0.667. The van der Waals surface area contributed by atoms with Crippen LogP contribution in [0.4, 0.5) is 5.69 Å². The first-order chi connectivity index (χ1) is 10.1. The van der Waals surface area contributed by atoms with Gasteiger partial charge in [-0.2, -0.15) is 0 Å². The molecule has 1 nitrogen and oxygen atoms in total. The van der Waals surface area contributed by atoms with Crippen LogP contribution in [-0.2, 0) is 0 Å². The molecule has 0 radical (unpaired) electrons. The Kier molecular flexibility index (Phi) is 8.81. The molecule has 0 aliphatic rings. The van der Waals surface area contributed by atoms with Crippen molar-refractivity contribution < 1.29 is 0 Å². The summed E-state index contributed by atoms with van der Waals surface area (Å²) in [5.41, 5.74) is 7.35. The summed E-state index contributed by atoms with van der Waals surface area (Å²) in [6.07, 6.45) is 7.94. The minimum absolute atomic E-state index is 0.772. The third-order valence-corrected chi connectivity index (χ3v) is 16.4. The monoisotopic (exact) mass is 371 g/mol. The molecule has 0 amide bonds. The molecule has 0 aliphatic heterocycles. The zero-order valence-electron chi connectivity index (χ0n) is 14.1. The molecule has 0 spiro atoms. The molecule has 0 heterocycles. The van der Waals surface area contributed by atoms with E-state index < -0.39 is 13.3 Å². The first kappa shape index (κ1) is 18.9. The van der Waals surface area contributed by atoms with Gasteiger partial charge in [0, 0.05) is 0 Å². The van der Waals surface area contributed by atoms with E-state index in [1.54, 1.807) is 0 Å². The van der Waals surface area contributed by atoms with Crippen molar-refractivity contribution in [1.82, 2.24) is 0 Å².